The van der Waals surface area contributed by atoms with Crippen LogP contribution < -0.4 is 4.90 Å². The summed E-state index contributed by atoms with van der Waals surface area (Å²) < 4.78 is 0. The van der Waals surface area contributed by atoms with Crippen LogP contribution in [0.15, 0.2) is 53.6 Å². The zero-order chi connectivity index (χ0) is 28.2. The van der Waals surface area contributed by atoms with Crippen molar-refractivity contribution in [1.82, 2.24) is 0 Å². The van der Waals surface area contributed by atoms with Crippen LogP contribution >= 0.6 is 0 Å². The number of aryl methyl sites for hydroxylation is 1. The number of carbonyl (C=O) groups excluding carboxylic acids is 1. The van der Waals surface area contributed by atoms with E-state index in [2.05, 4.69) is 56.5 Å². The van der Waals surface area contributed by atoms with Gasteiger partial charge in [-0.05, 0) is 106 Å². The number of rotatable bonds is 9. The van der Waals surface area contributed by atoms with Crippen LogP contribution in [-0.2, 0) is 6.42 Å². The first-order chi connectivity index (χ1) is 18.4. The number of anilines is 1. The van der Waals surface area contributed by atoms with Crippen molar-refractivity contribution in [3.05, 3.63) is 64.8 Å². The monoisotopic (exact) mass is 519 g/mol. The summed E-state index contributed by atoms with van der Waals surface area (Å²) in [4.78, 5) is 14.9. The quantitative estimate of drug-likeness (QED) is 0.239. The lowest BCUT2D eigenvalue weighted by Gasteiger charge is -2.46. The molecule has 1 aromatic rings. The van der Waals surface area contributed by atoms with Crippen molar-refractivity contribution < 1.29 is 4.79 Å². The molecule has 2 nitrogen and oxygen atoms in total. The average Bonchev–Trinajstić information content (AvgIpc) is 3.11. The van der Waals surface area contributed by atoms with Crippen LogP contribution in [0.4, 0.5) is 5.69 Å². The largest absolute Gasteiger partial charge is 0.370 e. The third-order valence-corrected chi connectivity index (χ3v) is 8.85. The van der Waals surface area contributed by atoms with Gasteiger partial charge in [-0.1, -0.05) is 83.4 Å². The first-order valence-electron chi connectivity index (χ1n) is 15.8. The maximum Gasteiger partial charge on any atom is 0.159 e. The molecule has 0 bridgehead atoms. The Morgan fingerprint density at radius 3 is 2.50 bits per heavy atom. The fourth-order valence-electron chi connectivity index (χ4n) is 6.80. The first-order valence-corrected chi connectivity index (χ1v) is 15.8. The predicted octanol–water partition coefficient (Wildman–Crippen LogP) is 10.4. The Morgan fingerprint density at radius 2 is 1.87 bits per heavy atom. The summed E-state index contributed by atoms with van der Waals surface area (Å²) in [6.45, 7) is 22.9. The van der Waals surface area contributed by atoms with E-state index in [1.807, 2.05) is 33.8 Å². The van der Waals surface area contributed by atoms with E-state index in [-0.39, 0.29) is 5.78 Å². The number of carbonyl (C=O) groups is 1. The lowest BCUT2D eigenvalue weighted by atomic mass is 9.63. The Kier molecular flexibility index (Phi) is 13.6. The molecule has 212 valence electrons. The Bertz CT molecular complexity index is 968. The van der Waals surface area contributed by atoms with E-state index in [0.29, 0.717) is 5.92 Å². The topological polar surface area (TPSA) is 20.3 Å². The van der Waals surface area contributed by atoms with Crippen molar-refractivity contribution in [1.29, 1.82) is 0 Å². The number of nitrogens with zero attached hydrogens (tertiary/aromatic N) is 1. The molecule has 0 spiro atoms. The van der Waals surface area contributed by atoms with Gasteiger partial charge in [0.15, 0.2) is 5.78 Å². The summed E-state index contributed by atoms with van der Waals surface area (Å²) in [6, 6.07) is 6.49. The fraction of sp³-hybridized carbons (Fsp3) is 0.639. The molecule has 0 aromatic heterocycles. The zero-order valence-electron chi connectivity index (χ0n) is 26.0. The molecule has 2 aliphatic carbocycles. The minimum Gasteiger partial charge on any atom is -0.370 e. The van der Waals surface area contributed by atoms with Gasteiger partial charge in [-0.2, -0.15) is 0 Å². The Morgan fingerprint density at radius 1 is 1.13 bits per heavy atom. The maximum atomic E-state index is 12.3. The molecule has 1 aromatic carbocycles. The number of ketones is 1. The third kappa shape index (κ3) is 7.96. The van der Waals surface area contributed by atoms with Gasteiger partial charge < -0.3 is 4.90 Å². The molecular weight excluding hydrogens is 462 g/mol. The second kappa shape index (κ2) is 16.1. The molecule has 1 aliphatic heterocycles. The Labute approximate surface area is 235 Å². The van der Waals surface area contributed by atoms with Crippen LogP contribution in [-0.4, -0.2) is 18.9 Å². The number of Topliss-reactive ketones (excluding diaryl/α,β-unsaturated/α-hetero) is 1. The number of hydrogen-bond acceptors (Lipinski definition) is 2. The van der Waals surface area contributed by atoms with Crippen molar-refractivity contribution in [3.8, 4) is 0 Å². The Hall–Kier alpha value is -2.09. The highest BCUT2D eigenvalue weighted by Crippen LogP contribution is 2.45. The van der Waals surface area contributed by atoms with Gasteiger partial charge in [-0.15, -0.1) is 6.58 Å². The maximum absolute atomic E-state index is 12.3. The highest BCUT2D eigenvalue weighted by atomic mass is 16.1. The van der Waals surface area contributed by atoms with Crippen molar-refractivity contribution in [2.75, 3.05) is 18.0 Å². The van der Waals surface area contributed by atoms with Crippen molar-refractivity contribution in [2.45, 2.75) is 113 Å². The van der Waals surface area contributed by atoms with Gasteiger partial charge in [0.1, 0.15) is 0 Å². The molecule has 1 fully saturated rings. The molecular formula is C36H57NO. The van der Waals surface area contributed by atoms with E-state index in [1.165, 1.54) is 56.2 Å². The molecule has 0 saturated heterocycles. The molecule has 1 heterocycles. The predicted molar refractivity (Wildman–Crippen MR) is 168 cm³/mol. The van der Waals surface area contributed by atoms with Crippen LogP contribution in [0.2, 0.25) is 0 Å². The molecule has 4 atom stereocenters. The van der Waals surface area contributed by atoms with Crippen LogP contribution in [0.25, 0.3) is 0 Å². The van der Waals surface area contributed by atoms with Crippen LogP contribution in [0, 0.1) is 23.7 Å². The van der Waals surface area contributed by atoms with Gasteiger partial charge in [0, 0.05) is 24.3 Å². The van der Waals surface area contributed by atoms with Crippen molar-refractivity contribution >= 4 is 11.5 Å². The van der Waals surface area contributed by atoms with E-state index >= 15 is 0 Å². The summed E-state index contributed by atoms with van der Waals surface area (Å²) in [5.41, 5.74) is 8.50. The van der Waals surface area contributed by atoms with E-state index in [0.717, 1.165) is 49.2 Å². The summed E-state index contributed by atoms with van der Waals surface area (Å²) in [6.07, 6.45) is 15.5. The van der Waals surface area contributed by atoms with E-state index in [4.69, 9.17) is 0 Å². The number of fused-ring (bicyclic) bond motifs is 1. The minimum atomic E-state index is 0.172. The van der Waals surface area contributed by atoms with E-state index < -0.39 is 0 Å². The molecule has 4 unspecified atom stereocenters. The van der Waals surface area contributed by atoms with Crippen LogP contribution in [0.3, 0.4) is 0 Å². The fourth-order valence-corrected chi connectivity index (χ4v) is 6.80. The molecule has 3 aliphatic rings. The van der Waals surface area contributed by atoms with Gasteiger partial charge >= 0.3 is 0 Å². The summed E-state index contributed by atoms with van der Waals surface area (Å²) >= 11 is 0. The molecule has 0 radical (unpaired) electrons. The van der Waals surface area contributed by atoms with Crippen LogP contribution in [0.5, 0.6) is 0 Å². The van der Waals surface area contributed by atoms with E-state index in [1.54, 1.807) is 23.6 Å². The van der Waals surface area contributed by atoms with Gasteiger partial charge in [-0.3, -0.25) is 4.79 Å². The van der Waals surface area contributed by atoms with Gasteiger partial charge in [-0.25, -0.2) is 0 Å². The summed E-state index contributed by atoms with van der Waals surface area (Å²) in [5, 5.41) is 0. The molecule has 2 heteroatoms. The SMILES string of the molecule is C=CCCC1CC(C)C1CN1CC(C2=C(CCC)C=C(C)CC2)CCc2ccc(C(C)=O)cc21.CC.CC. The Balaban J connectivity index is 0.00000121. The number of hydrogen-bond donors (Lipinski definition) is 0. The first kappa shape index (κ1) is 32.1. The molecule has 0 N–H and O–H groups in total. The summed E-state index contributed by atoms with van der Waals surface area (Å²) in [7, 11) is 0. The van der Waals surface area contributed by atoms with Crippen LogP contribution in [0.1, 0.15) is 123 Å². The van der Waals surface area contributed by atoms with Gasteiger partial charge in [0.05, 0.1) is 0 Å². The smallest absolute Gasteiger partial charge is 0.159 e. The standard InChI is InChI=1S/C32H45NO.2C2H6/c1-6-8-10-28-18-23(4)31(28)21-33-20-29(30-16-11-22(3)17-27(30)9-7-2)15-13-25-12-14-26(24(5)34)19-32(25)33;2*1-2/h6,12,14,17,19,23,28-29,31H,1,7-11,13,15-16,18,20-21H2,2-5H3;2*1-2H3. The van der Waals surface area contributed by atoms with Gasteiger partial charge in [0.2, 0.25) is 0 Å². The molecule has 0 amide bonds. The summed E-state index contributed by atoms with van der Waals surface area (Å²) in [5.74, 6) is 3.12. The number of allylic oxidation sites excluding steroid dienone is 4. The minimum absolute atomic E-state index is 0.172. The number of benzene rings is 1. The molecule has 1 saturated carbocycles. The van der Waals surface area contributed by atoms with Crippen molar-refractivity contribution in [3.63, 3.8) is 0 Å². The highest BCUT2D eigenvalue weighted by molar-refractivity contribution is 5.95. The third-order valence-electron chi connectivity index (χ3n) is 8.85. The molecule has 4 rings (SSSR count). The lowest BCUT2D eigenvalue weighted by molar-refractivity contribution is 0.0840. The highest BCUT2D eigenvalue weighted by Gasteiger charge is 2.39. The normalized spacial score (nSPS) is 24.4. The lowest BCUT2D eigenvalue weighted by Crippen LogP contribution is -2.45. The van der Waals surface area contributed by atoms with Crippen molar-refractivity contribution in [2.24, 2.45) is 23.7 Å². The average molecular weight is 520 g/mol. The van der Waals surface area contributed by atoms with Gasteiger partial charge in [0.25, 0.3) is 0 Å². The second-order valence-corrected chi connectivity index (χ2v) is 11.3. The molecule has 38 heavy (non-hydrogen) atoms. The second-order valence-electron chi connectivity index (χ2n) is 11.3. The zero-order valence-corrected chi connectivity index (χ0v) is 26.0. The van der Waals surface area contributed by atoms with E-state index in [9.17, 15) is 4.79 Å².